The van der Waals surface area contributed by atoms with Crippen LogP contribution >= 0.6 is 11.6 Å². The molecule has 7 aromatic carbocycles. The summed E-state index contributed by atoms with van der Waals surface area (Å²) in [5.41, 5.74) is 15.2. The first kappa shape index (κ1) is 81.6. The van der Waals surface area contributed by atoms with Crippen molar-refractivity contribution < 1.29 is 22.0 Å². The van der Waals surface area contributed by atoms with E-state index >= 15 is 0 Å². The Hall–Kier alpha value is -16.8. The van der Waals surface area contributed by atoms with Crippen LogP contribution in [0.3, 0.4) is 0 Å². The van der Waals surface area contributed by atoms with Crippen molar-refractivity contribution >= 4 is 124 Å². The highest BCUT2D eigenvalue weighted by molar-refractivity contribution is 6.35. The van der Waals surface area contributed by atoms with Crippen LogP contribution in [-0.4, -0.2) is 113 Å². The third kappa shape index (κ3) is 16.0. The molecule has 0 aliphatic heterocycles. The molecule has 0 amide bonds. The molecule has 20 rings (SSSR count). The smallest absolute Gasteiger partial charge is 0.269 e. The average Bonchev–Trinajstić information content (AvgIpc) is 0.899. The number of imidazole rings is 3. The van der Waals surface area contributed by atoms with Gasteiger partial charge >= 0.3 is 0 Å². The van der Waals surface area contributed by atoms with E-state index in [2.05, 4.69) is 111 Å². The summed E-state index contributed by atoms with van der Waals surface area (Å²) < 4.78 is 77.7. The number of nitriles is 1. The lowest BCUT2D eigenvalue weighted by Crippen LogP contribution is -2.30. The normalized spacial score (nSPS) is 12.8. The maximum Gasteiger partial charge on any atom is 0.269 e. The standard InChI is InChI=1S/C22H17ClFN9O.C22H18FN7O.C21H15F2N7O.C21H16FN7O/c23-13-5-6-14(24)17-15(13)21(34)33(11-2-1-7-28-9-11)20(30-17)16(10-3-4-10)29-19-12(8-25)18(26)31-22(27)32-19;1-2-15(28-20-18-19(25-11-24-18)26-12-27-20)21-29-16-10-6-9-14(23)17(16)22(31)30(21)13-7-4-3-5-8-13;1-11(28-19-16-18(25-9-24-16)26-10-27-19)20-29-15-8-3-2-5-12(15)21(31)30(20)17-13(22)6-4-7-14(17)23;1-12(27-19-17-18(24-10-23-17)25-11-26-19)20-28-16-8-7-13(22)9-15(16)21(30)29(20)14-5-3-2-4-6-14/h1-2,5-7,9-10,16H,3-4H2,(H5,26,27,29,31,32);3-12,15H,2H2,1H3,(H2,24,25,26,27,28);2-11H,1H3,(H2,24,25,26,27,28);2-12H,1H3,(H2,23,24,25,26,27)/t16-;15-;11-;12-/m0000/s1. The summed E-state index contributed by atoms with van der Waals surface area (Å²) in [4.78, 5) is 131. The van der Waals surface area contributed by atoms with Gasteiger partial charge in [0.25, 0.3) is 22.2 Å². The Bertz CT molecular complexity index is 7690. The highest BCUT2D eigenvalue weighted by Gasteiger charge is 2.38. The number of para-hydroxylation sites is 4. The number of fused-ring (bicyclic) bond motifs is 7. The Morgan fingerprint density at radius 2 is 1.00 bits per heavy atom. The van der Waals surface area contributed by atoms with Crippen LogP contribution in [0.4, 0.5) is 57.0 Å². The number of nitrogens with zero attached hydrogens (tertiary/aromatic N) is 21. The van der Waals surface area contributed by atoms with E-state index in [-0.39, 0.29) is 84.4 Å². The van der Waals surface area contributed by atoms with Crippen molar-refractivity contribution in [2.24, 2.45) is 5.92 Å². The second-order valence-electron chi connectivity index (χ2n) is 28.5. The second kappa shape index (κ2) is 34.7. The Kier molecular flexibility index (Phi) is 22.5. The molecule has 0 unspecified atom stereocenters. The van der Waals surface area contributed by atoms with E-state index < -0.39 is 69.6 Å². The summed E-state index contributed by atoms with van der Waals surface area (Å²) in [5.74, 6) is -0.809. The van der Waals surface area contributed by atoms with Crippen LogP contribution in [-0.2, 0) is 0 Å². The van der Waals surface area contributed by atoms with Gasteiger partial charge < -0.3 is 47.7 Å². The number of aromatic amines is 3. The van der Waals surface area contributed by atoms with Crippen molar-refractivity contribution in [1.29, 1.82) is 5.26 Å². The number of hydrogen-bond acceptors (Lipinski definition) is 27. The fraction of sp³-hybridized carbons (Fsp3) is 0.128. The van der Waals surface area contributed by atoms with E-state index in [1.807, 2.05) is 68.4 Å². The molecule has 626 valence electrons. The Morgan fingerprint density at radius 1 is 0.484 bits per heavy atom. The molecule has 19 aromatic rings. The van der Waals surface area contributed by atoms with Crippen LogP contribution in [0.25, 0.3) is 99.9 Å². The van der Waals surface area contributed by atoms with Crippen LogP contribution in [0.15, 0.2) is 233 Å². The maximum absolute atomic E-state index is 14.8. The van der Waals surface area contributed by atoms with Gasteiger partial charge in [0.2, 0.25) is 5.95 Å². The highest BCUT2D eigenvalue weighted by atomic mass is 35.5. The minimum Gasteiger partial charge on any atom is -0.382 e. The van der Waals surface area contributed by atoms with Gasteiger partial charge in [-0.25, -0.2) is 86.7 Å². The molecule has 1 aliphatic rings. The van der Waals surface area contributed by atoms with Gasteiger partial charge in [-0.05, 0) is 142 Å². The molecule has 126 heavy (non-hydrogen) atoms. The molecule has 12 aromatic heterocycles. The van der Waals surface area contributed by atoms with Crippen LogP contribution in [0.1, 0.15) is 93.1 Å². The fourth-order valence-electron chi connectivity index (χ4n) is 14.5. The Balaban J connectivity index is 0.000000119. The molecule has 0 radical (unpaired) electrons. The third-order valence-electron chi connectivity index (χ3n) is 20.5. The van der Waals surface area contributed by atoms with Gasteiger partial charge in [0.05, 0.1) is 104 Å². The molecule has 4 atom stereocenters. The molecule has 12 heterocycles. The van der Waals surface area contributed by atoms with Crippen molar-refractivity contribution in [3.63, 3.8) is 0 Å². The number of aromatic nitrogens is 23. The number of hydrogen-bond donors (Lipinski definition) is 9. The summed E-state index contributed by atoms with van der Waals surface area (Å²) in [6, 6.07) is 42.5. The predicted octanol–water partition coefficient (Wildman–Crippen LogP) is 13.6. The first-order valence-corrected chi connectivity index (χ1v) is 39.2. The van der Waals surface area contributed by atoms with Crippen LogP contribution in [0, 0.1) is 46.3 Å². The van der Waals surface area contributed by atoms with Crippen molar-refractivity contribution in [1.82, 2.24) is 113 Å². The van der Waals surface area contributed by atoms with Crippen molar-refractivity contribution in [2.75, 3.05) is 32.7 Å². The minimum absolute atomic E-state index is 0.00476. The molecule has 1 aliphatic carbocycles. The molecule has 34 nitrogen and oxygen atoms in total. The lowest BCUT2D eigenvalue weighted by Gasteiger charge is -2.23. The summed E-state index contributed by atoms with van der Waals surface area (Å²) in [6.45, 7) is 5.57. The minimum atomic E-state index is -0.870. The Morgan fingerprint density at radius 3 is 1.59 bits per heavy atom. The first-order chi connectivity index (χ1) is 61.2. The molecule has 11 N–H and O–H groups in total. The monoisotopic (exact) mass is 1710 g/mol. The number of pyridine rings is 1. The zero-order valence-electron chi connectivity index (χ0n) is 66.2. The zero-order chi connectivity index (χ0) is 87.6. The lowest BCUT2D eigenvalue weighted by molar-refractivity contribution is 0.558. The average molecular weight is 1710 g/mol. The number of nitrogen functional groups attached to an aromatic ring is 2. The third-order valence-corrected chi connectivity index (χ3v) is 20.8. The molecular weight excluding hydrogens is 1650 g/mol. The van der Waals surface area contributed by atoms with Gasteiger partial charge in [0.15, 0.2) is 40.2 Å². The van der Waals surface area contributed by atoms with Gasteiger partial charge in [0, 0.05) is 6.20 Å². The number of halogens is 6. The van der Waals surface area contributed by atoms with Gasteiger partial charge in [0.1, 0.15) is 122 Å². The summed E-state index contributed by atoms with van der Waals surface area (Å²) >= 11 is 6.27. The first-order valence-electron chi connectivity index (χ1n) is 38.8. The molecule has 40 heteroatoms. The number of anilines is 6. The van der Waals surface area contributed by atoms with Crippen molar-refractivity contribution in [3.05, 3.63) is 319 Å². The van der Waals surface area contributed by atoms with Gasteiger partial charge in [-0.15, -0.1) is 0 Å². The molecular formula is C86H66ClF5N30O4. The van der Waals surface area contributed by atoms with Crippen LogP contribution in [0.2, 0.25) is 5.02 Å². The SMILES string of the molecule is CC[C@H](Nc1ncnc2nc[nH]c12)c1nc2cccc(F)c2c(=O)n1-c1ccccc1.C[C@H](Nc1ncnc2nc[nH]c12)c1nc2ccc(F)cc2c(=O)n1-c1ccccc1.C[C@H](Nc1ncnc2nc[nH]c12)c1nc2ccccc2c(=O)n1-c1c(F)cccc1F.N#Cc1c(N)nc(N)nc1N[C@H](c1nc2c(F)ccc(Cl)c2c(=O)n1-c1cccnc1)C1CC1. The highest BCUT2D eigenvalue weighted by Crippen LogP contribution is 2.44. The van der Waals surface area contributed by atoms with Crippen molar-refractivity contribution in [2.45, 2.75) is 64.2 Å². The number of nitrogens with one attached hydrogen (secondary N) is 7. The molecule has 0 spiro atoms. The fourth-order valence-corrected chi connectivity index (χ4v) is 14.7. The predicted molar refractivity (Wildman–Crippen MR) is 462 cm³/mol. The van der Waals surface area contributed by atoms with Crippen LogP contribution in [0.5, 0.6) is 0 Å². The summed E-state index contributed by atoms with van der Waals surface area (Å²) in [5, 5.41) is 23.0. The van der Waals surface area contributed by atoms with E-state index in [1.165, 1.54) is 87.9 Å². The number of benzene rings is 7. The molecule has 1 saturated carbocycles. The quantitative estimate of drug-likeness (QED) is 0.0360. The second-order valence-corrected chi connectivity index (χ2v) is 28.9. The van der Waals surface area contributed by atoms with E-state index in [4.69, 9.17) is 28.1 Å². The number of rotatable bonds is 18. The van der Waals surface area contributed by atoms with Gasteiger partial charge in [-0.3, -0.25) is 42.4 Å². The van der Waals surface area contributed by atoms with E-state index in [0.29, 0.717) is 103 Å². The van der Waals surface area contributed by atoms with Crippen molar-refractivity contribution in [3.8, 4) is 28.8 Å². The zero-order valence-corrected chi connectivity index (χ0v) is 66.9. The van der Waals surface area contributed by atoms with Gasteiger partial charge in [-0.1, -0.05) is 79.2 Å². The summed E-state index contributed by atoms with van der Waals surface area (Å²) in [6.07, 6.45) is 14.0. The van der Waals surface area contributed by atoms with E-state index in [9.17, 15) is 46.4 Å². The Labute approximate surface area is 710 Å². The van der Waals surface area contributed by atoms with Gasteiger partial charge in [-0.2, -0.15) is 15.2 Å². The molecule has 0 saturated heterocycles. The summed E-state index contributed by atoms with van der Waals surface area (Å²) in [7, 11) is 0. The molecule has 1 fully saturated rings. The number of nitrogens with two attached hydrogens (primary N) is 2. The number of H-pyrrole nitrogens is 3. The topological polar surface area (TPSA) is 466 Å². The largest absolute Gasteiger partial charge is 0.382 e. The van der Waals surface area contributed by atoms with Crippen LogP contribution < -0.4 is 55.0 Å². The maximum atomic E-state index is 14.8. The van der Waals surface area contributed by atoms with E-state index in [0.717, 1.165) is 35.6 Å². The van der Waals surface area contributed by atoms with E-state index in [1.54, 1.807) is 80.1 Å². The molecule has 0 bridgehead atoms. The lowest BCUT2D eigenvalue weighted by atomic mass is 10.1.